The second kappa shape index (κ2) is 12.3. The van der Waals surface area contributed by atoms with E-state index in [-0.39, 0.29) is 18.0 Å². The van der Waals surface area contributed by atoms with Gasteiger partial charge in [-0.05, 0) is 42.7 Å². The molecule has 3 aromatic carbocycles. The summed E-state index contributed by atoms with van der Waals surface area (Å²) in [6, 6.07) is 28.1. The molecule has 0 aliphatic rings. The van der Waals surface area contributed by atoms with Gasteiger partial charge in [-0.15, -0.1) is 0 Å². The summed E-state index contributed by atoms with van der Waals surface area (Å²) in [5.41, 5.74) is 3.22. The molecule has 1 aromatic heterocycles. The second-order valence-electron chi connectivity index (χ2n) is 8.88. The SMILES string of the molecule is COc1cccc(Cc2nsc(N(CCC(=O)NC(c3ccccc3)c3ccccc3)C(C)C)n2)c1. The summed E-state index contributed by atoms with van der Waals surface area (Å²) in [6.07, 6.45) is 0.995. The van der Waals surface area contributed by atoms with Crippen molar-refractivity contribution in [2.24, 2.45) is 0 Å². The lowest BCUT2D eigenvalue weighted by Crippen LogP contribution is -2.36. The molecule has 0 saturated heterocycles. The molecule has 0 aliphatic carbocycles. The third-order valence-corrected chi connectivity index (χ3v) is 6.76. The highest BCUT2D eigenvalue weighted by molar-refractivity contribution is 7.09. The number of amides is 1. The fourth-order valence-electron chi connectivity index (χ4n) is 4.08. The summed E-state index contributed by atoms with van der Waals surface area (Å²) in [4.78, 5) is 20.0. The van der Waals surface area contributed by atoms with Crippen molar-refractivity contribution in [2.75, 3.05) is 18.6 Å². The number of ether oxygens (including phenoxy) is 1. The molecule has 36 heavy (non-hydrogen) atoms. The number of benzene rings is 3. The van der Waals surface area contributed by atoms with Crippen molar-refractivity contribution >= 4 is 22.6 Å². The number of carbonyl (C=O) groups excluding carboxylic acids is 1. The molecular formula is C29H32N4O2S. The monoisotopic (exact) mass is 500 g/mol. The van der Waals surface area contributed by atoms with Crippen LogP contribution >= 0.6 is 11.5 Å². The van der Waals surface area contributed by atoms with Gasteiger partial charge in [0.05, 0.1) is 13.2 Å². The van der Waals surface area contributed by atoms with E-state index in [2.05, 4.69) is 28.4 Å². The minimum Gasteiger partial charge on any atom is -0.497 e. The predicted molar refractivity (Wildman–Crippen MR) is 146 cm³/mol. The molecule has 0 bridgehead atoms. The Hall–Kier alpha value is -3.71. The largest absolute Gasteiger partial charge is 0.497 e. The maximum absolute atomic E-state index is 13.1. The average Bonchev–Trinajstić information content (AvgIpc) is 3.36. The minimum absolute atomic E-state index is 0.000486. The molecular weight excluding hydrogens is 468 g/mol. The van der Waals surface area contributed by atoms with Crippen molar-refractivity contribution in [3.63, 3.8) is 0 Å². The van der Waals surface area contributed by atoms with Crippen LogP contribution in [-0.2, 0) is 11.2 Å². The second-order valence-corrected chi connectivity index (χ2v) is 9.61. The van der Waals surface area contributed by atoms with Crippen LogP contribution in [0.2, 0.25) is 0 Å². The molecule has 0 atom stereocenters. The zero-order valence-electron chi connectivity index (χ0n) is 20.9. The van der Waals surface area contributed by atoms with E-state index < -0.39 is 0 Å². The highest BCUT2D eigenvalue weighted by Gasteiger charge is 2.20. The first-order chi connectivity index (χ1) is 17.5. The van der Waals surface area contributed by atoms with Gasteiger partial charge in [-0.25, -0.2) is 4.98 Å². The number of nitrogens with one attached hydrogen (secondary N) is 1. The van der Waals surface area contributed by atoms with Gasteiger partial charge in [0.1, 0.15) is 11.6 Å². The van der Waals surface area contributed by atoms with Crippen molar-refractivity contribution in [3.05, 3.63) is 107 Å². The summed E-state index contributed by atoms with van der Waals surface area (Å²) in [7, 11) is 1.66. The van der Waals surface area contributed by atoms with Crippen LogP contribution in [0.15, 0.2) is 84.9 Å². The van der Waals surface area contributed by atoms with Crippen molar-refractivity contribution < 1.29 is 9.53 Å². The number of methoxy groups -OCH3 is 1. The number of nitrogens with zero attached hydrogens (tertiary/aromatic N) is 3. The summed E-state index contributed by atoms with van der Waals surface area (Å²) in [6.45, 7) is 4.78. The zero-order chi connectivity index (χ0) is 25.3. The maximum atomic E-state index is 13.1. The van der Waals surface area contributed by atoms with Gasteiger partial charge in [0.2, 0.25) is 11.0 Å². The van der Waals surface area contributed by atoms with E-state index in [0.717, 1.165) is 33.4 Å². The van der Waals surface area contributed by atoms with Crippen LogP contribution in [0.25, 0.3) is 0 Å². The first kappa shape index (κ1) is 25.4. The van der Waals surface area contributed by atoms with Crippen LogP contribution in [0.5, 0.6) is 5.75 Å². The van der Waals surface area contributed by atoms with E-state index in [1.165, 1.54) is 11.5 Å². The highest BCUT2D eigenvalue weighted by atomic mass is 32.1. The summed E-state index contributed by atoms with van der Waals surface area (Å²) >= 11 is 1.38. The van der Waals surface area contributed by atoms with Crippen LogP contribution < -0.4 is 15.0 Å². The lowest BCUT2D eigenvalue weighted by Gasteiger charge is -2.26. The molecule has 4 aromatic rings. The van der Waals surface area contributed by atoms with E-state index in [4.69, 9.17) is 9.72 Å². The van der Waals surface area contributed by atoms with E-state index in [1.54, 1.807) is 7.11 Å². The number of hydrogen-bond acceptors (Lipinski definition) is 6. The number of rotatable bonds is 11. The van der Waals surface area contributed by atoms with E-state index in [0.29, 0.717) is 19.4 Å². The summed E-state index contributed by atoms with van der Waals surface area (Å²) in [5.74, 6) is 1.59. The standard InChI is InChI=1S/C29H32N4O2S/c1-21(2)33(29-30-26(32-36-29)20-22-11-10-16-25(19-22)35-3)18-17-27(34)31-28(23-12-6-4-7-13-23)24-14-8-5-9-15-24/h4-16,19,21,28H,17-18,20H2,1-3H3,(H,31,34). The Morgan fingerprint density at radius 2 is 1.64 bits per heavy atom. The van der Waals surface area contributed by atoms with Crippen LogP contribution in [0.1, 0.15) is 48.8 Å². The van der Waals surface area contributed by atoms with E-state index >= 15 is 0 Å². The average molecular weight is 501 g/mol. The van der Waals surface area contributed by atoms with Crippen molar-refractivity contribution in [3.8, 4) is 5.75 Å². The van der Waals surface area contributed by atoms with Gasteiger partial charge in [0.15, 0.2) is 0 Å². The lowest BCUT2D eigenvalue weighted by molar-refractivity contribution is -0.121. The van der Waals surface area contributed by atoms with Gasteiger partial charge >= 0.3 is 0 Å². The Morgan fingerprint density at radius 3 is 2.25 bits per heavy atom. The third-order valence-electron chi connectivity index (χ3n) is 5.97. The molecule has 1 amide bonds. The van der Waals surface area contributed by atoms with E-state index in [1.807, 2.05) is 84.9 Å². The molecule has 0 saturated carbocycles. The molecule has 1 N–H and O–H groups in total. The maximum Gasteiger partial charge on any atom is 0.222 e. The third kappa shape index (κ3) is 6.70. The zero-order valence-corrected chi connectivity index (χ0v) is 21.7. The van der Waals surface area contributed by atoms with Crippen LogP contribution in [0, 0.1) is 0 Å². The Morgan fingerprint density at radius 1 is 0.972 bits per heavy atom. The highest BCUT2D eigenvalue weighted by Crippen LogP contribution is 2.24. The number of anilines is 1. The molecule has 7 heteroatoms. The first-order valence-corrected chi connectivity index (χ1v) is 12.9. The van der Waals surface area contributed by atoms with Crippen molar-refractivity contribution in [2.45, 2.75) is 38.8 Å². The van der Waals surface area contributed by atoms with Gasteiger partial charge in [-0.1, -0.05) is 72.8 Å². The fraction of sp³-hybridized carbons (Fsp3) is 0.276. The Balaban J connectivity index is 1.41. The summed E-state index contributed by atoms with van der Waals surface area (Å²) in [5, 5.41) is 4.07. The van der Waals surface area contributed by atoms with Gasteiger partial charge < -0.3 is 15.0 Å². The Labute approximate surface area is 217 Å². The van der Waals surface area contributed by atoms with Crippen LogP contribution in [0.4, 0.5) is 5.13 Å². The van der Waals surface area contributed by atoms with Crippen molar-refractivity contribution in [1.82, 2.24) is 14.7 Å². The van der Waals surface area contributed by atoms with Crippen molar-refractivity contribution in [1.29, 1.82) is 0 Å². The number of hydrogen-bond donors (Lipinski definition) is 1. The van der Waals surface area contributed by atoms with Crippen LogP contribution in [0.3, 0.4) is 0 Å². The molecule has 0 spiro atoms. The number of aromatic nitrogens is 2. The Kier molecular flexibility index (Phi) is 8.68. The van der Waals surface area contributed by atoms with Gasteiger partial charge in [0, 0.05) is 37.0 Å². The molecule has 186 valence electrons. The lowest BCUT2D eigenvalue weighted by atomic mass is 9.98. The van der Waals surface area contributed by atoms with E-state index in [9.17, 15) is 4.79 Å². The Bertz CT molecular complexity index is 1200. The fourth-order valence-corrected chi connectivity index (χ4v) is 4.92. The smallest absolute Gasteiger partial charge is 0.222 e. The molecule has 0 fully saturated rings. The molecule has 0 aliphatic heterocycles. The molecule has 0 radical (unpaired) electrons. The van der Waals surface area contributed by atoms with Gasteiger partial charge in [-0.2, -0.15) is 4.37 Å². The quantitative estimate of drug-likeness (QED) is 0.288. The van der Waals surface area contributed by atoms with Gasteiger partial charge in [-0.3, -0.25) is 4.79 Å². The van der Waals surface area contributed by atoms with Crippen LogP contribution in [-0.4, -0.2) is 35.0 Å². The summed E-state index contributed by atoms with van der Waals surface area (Å²) < 4.78 is 9.89. The molecule has 6 nitrogen and oxygen atoms in total. The normalized spacial score (nSPS) is 11.0. The van der Waals surface area contributed by atoms with Gasteiger partial charge in [0.25, 0.3) is 0 Å². The predicted octanol–water partition coefficient (Wildman–Crippen LogP) is 5.65. The topological polar surface area (TPSA) is 67.3 Å². The number of carbonyl (C=O) groups is 1. The minimum atomic E-state index is -0.191. The first-order valence-electron chi connectivity index (χ1n) is 12.1. The molecule has 1 heterocycles. The molecule has 0 unspecified atom stereocenters. The molecule has 4 rings (SSSR count).